The first-order chi connectivity index (χ1) is 9.05. The molecule has 1 heterocycles. The second-order valence-corrected chi connectivity index (χ2v) is 8.16. The number of aromatic nitrogens is 2. The van der Waals surface area contributed by atoms with Crippen LogP contribution in [0.15, 0.2) is 4.52 Å². The van der Waals surface area contributed by atoms with E-state index in [4.69, 9.17) is 23.2 Å². The summed E-state index contributed by atoms with van der Waals surface area (Å²) in [5, 5.41) is 3.01. The Morgan fingerprint density at radius 1 is 1.50 bits per heavy atom. The van der Waals surface area contributed by atoms with Gasteiger partial charge in [0.25, 0.3) is 0 Å². The van der Waals surface area contributed by atoms with E-state index in [9.17, 15) is 17.2 Å². The highest BCUT2D eigenvalue weighted by Gasteiger charge is 2.64. The highest BCUT2D eigenvalue weighted by atomic mass is 35.5. The van der Waals surface area contributed by atoms with Crippen LogP contribution in [0.5, 0.6) is 0 Å². The molecular formula is C9H11Cl2F2N3O3S. The normalized spacial score (nSPS) is 25.1. The van der Waals surface area contributed by atoms with Gasteiger partial charge in [-0.05, 0) is 6.42 Å². The van der Waals surface area contributed by atoms with Crippen molar-refractivity contribution in [3.8, 4) is 0 Å². The average molecular weight is 350 g/mol. The van der Waals surface area contributed by atoms with E-state index in [1.54, 1.807) is 6.92 Å². The van der Waals surface area contributed by atoms with Crippen LogP contribution in [-0.4, -0.2) is 28.6 Å². The molecule has 0 aliphatic heterocycles. The van der Waals surface area contributed by atoms with E-state index in [1.165, 1.54) is 0 Å². The highest BCUT2D eigenvalue weighted by molar-refractivity contribution is 7.89. The Hall–Kier alpha value is -0.510. The zero-order chi connectivity index (χ0) is 15.2. The molecule has 0 radical (unpaired) electrons. The number of halogens is 4. The van der Waals surface area contributed by atoms with Gasteiger partial charge in [-0.1, -0.05) is 12.1 Å². The number of hydrogen-bond acceptors (Lipinski definition) is 5. The number of nitrogens with one attached hydrogen (secondary N) is 1. The first-order valence-corrected chi connectivity index (χ1v) is 7.91. The van der Waals surface area contributed by atoms with Crippen LogP contribution in [0.3, 0.4) is 0 Å². The molecule has 1 saturated carbocycles. The molecule has 1 fully saturated rings. The van der Waals surface area contributed by atoms with Gasteiger partial charge in [0.15, 0.2) is 0 Å². The Labute approximate surface area is 123 Å². The molecule has 0 bridgehead atoms. The molecule has 2 rings (SSSR count). The van der Waals surface area contributed by atoms with Crippen molar-refractivity contribution in [2.75, 3.05) is 5.75 Å². The zero-order valence-electron chi connectivity index (χ0n) is 10.2. The van der Waals surface area contributed by atoms with E-state index in [2.05, 4.69) is 19.4 Å². The van der Waals surface area contributed by atoms with Crippen LogP contribution in [0.4, 0.5) is 8.78 Å². The minimum absolute atomic E-state index is 0.243. The molecule has 1 aliphatic rings. The van der Waals surface area contributed by atoms with Crippen LogP contribution in [0.1, 0.15) is 31.5 Å². The molecule has 1 unspecified atom stereocenters. The van der Waals surface area contributed by atoms with Gasteiger partial charge in [-0.25, -0.2) is 21.9 Å². The summed E-state index contributed by atoms with van der Waals surface area (Å²) in [5.41, 5.74) is -0.731. The smallest absolute Gasteiger partial charge is 0.300 e. The third kappa shape index (κ3) is 3.38. The molecule has 20 heavy (non-hydrogen) atoms. The standard InChI is InChI=1S/C9H11Cl2F2N3O3S/c1-8(3-9(8,10)11)4-20(17,18)14-2-5-15-7(6(12)13)16-19-5/h6,14H,2-4H2,1H3. The SMILES string of the molecule is CC1(CS(=O)(=O)NCc2nc(C(F)F)no2)CC1(Cl)Cl. The number of sulfonamides is 1. The predicted molar refractivity (Wildman–Crippen MR) is 67.0 cm³/mol. The lowest BCUT2D eigenvalue weighted by Gasteiger charge is -2.12. The molecule has 11 heteroatoms. The first-order valence-electron chi connectivity index (χ1n) is 5.50. The highest BCUT2D eigenvalue weighted by Crippen LogP contribution is 2.64. The minimum Gasteiger partial charge on any atom is -0.338 e. The van der Waals surface area contributed by atoms with Crippen molar-refractivity contribution in [3.63, 3.8) is 0 Å². The molecule has 6 nitrogen and oxygen atoms in total. The van der Waals surface area contributed by atoms with Crippen LogP contribution < -0.4 is 4.72 Å². The molecule has 114 valence electrons. The van der Waals surface area contributed by atoms with E-state index >= 15 is 0 Å². The zero-order valence-corrected chi connectivity index (χ0v) is 12.6. The average Bonchev–Trinajstić information content (AvgIpc) is 2.65. The van der Waals surface area contributed by atoms with E-state index < -0.39 is 32.0 Å². The summed E-state index contributed by atoms with van der Waals surface area (Å²) in [4.78, 5) is 3.35. The van der Waals surface area contributed by atoms with Crippen LogP contribution in [0, 0.1) is 5.41 Å². The Bertz CT molecular complexity index is 607. The molecule has 0 amide bonds. The number of alkyl halides is 4. The number of rotatable bonds is 6. The summed E-state index contributed by atoms with van der Waals surface area (Å²) >= 11 is 11.7. The van der Waals surface area contributed by atoms with Gasteiger partial charge in [-0.15, -0.1) is 23.2 Å². The van der Waals surface area contributed by atoms with E-state index in [-0.39, 0.29) is 18.2 Å². The molecule has 1 aromatic heterocycles. The minimum atomic E-state index is -3.69. The van der Waals surface area contributed by atoms with Crippen LogP contribution in [-0.2, 0) is 16.6 Å². The van der Waals surface area contributed by atoms with Crippen molar-refractivity contribution in [2.24, 2.45) is 5.41 Å². The Kier molecular flexibility index (Phi) is 4.00. The van der Waals surface area contributed by atoms with Crippen molar-refractivity contribution in [1.29, 1.82) is 0 Å². The number of hydrogen-bond donors (Lipinski definition) is 1. The second-order valence-electron chi connectivity index (χ2n) is 4.87. The predicted octanol–water partition coefficient (Wildman–Crippen LogP) is 2.01. The monoisotopic (exact) mass is 349 g/mol. The fraction of sp³-hybridized carbons (Fsp3) is 0.778. The number of nitrogens with zero attached hydrogens (tertiary/aromatic N) is 2. The topological polar surface area (TPSA) is 85.1 Å². The summed E-state index contributed by atoms with van der Waals surface area (Å²) < 4.78 is 53.7. The summed E-state index contributed by atoms with van der Waals surface area (Å²) in [6.07, 6.45) is -2.51. The molecule has 0 spiro atoms. The van der Waals surface area contributed by atoms with Crippen LogP contribution in [0.25, 0.3) is 0 Å². The fourth-order valence-electron chi connectivity index (χ4n) is 1.67. The van der Waals surface area contributed by atoms with E-state index in [0.29, 0.717) is 6.42 Å². The van der Waals surface area contributed by atoms with Gasteiger partial charge in [-0.2, -0.15) is 4.98 Å². The summed E-state index contributed by atoms with van der Waals surface area (Å²) in [6.45, 7) is 1.28. The third-order valence-electron chi connectivity index (χ3n) is 3.00. The first kappa shape index (κ1) is 15.9. The van der Waals surface area contributed by atoms with Gasteiger partial charge in [0.1, 0.15) is 4.33 Å². The van der Waals surface area contributed by atoms with Crippen molar-refractivity contribution in [2.45, 2.75) is 30.6 Å². The maximum atomic E-state index is 12.2. The lowest BCUT2D eigenvalue weighted by molar-refractivity contribution is 0.136. The Morgan fingerprint density at radius 3 is 2.55 bits per heavy atom. The van der Waals surface area contributed by atoms with Gasteiger partial charge < -0.3 is 4.52 Å². The summed E-state index contributed by atoms with van der Waals surface area (Å²) in [7, 11) is -3.69. The molecular weight excluding hydrogens is 339 g/mol. The third-order valence-corrected chi connectivity index (χ3v) is 5.78. The van der Waals surface area contributed by atoms with Crippen molar-refractivity contribution < 1.29 is 21.7 Å². The van der Waals surface area contributed by atoms with E-state index in [1.807, 2.05) is 0 Å². The van der Waals surface area contributed by atoms with Crippen LogP contribution >= 0.6 is 23.2 Å². The lowest BCUT2D eigenvalue weighted by Crippen LogP contribution is -2.31. The maximum Gasteiger partial charge on any atom is 0.300 e. The maximum absolute atomic E-state index is 12.2. The van der Waals surface area contributed by atoms with Crippen molar-refractivity contribution in [3.05, 3.63) is 11.7 Å². The molecule has 1 aromatic rings. The van der Waals surface area contributed by atoms with Gasteiger partial charge in [0, 0.05) is 5.41 Å². The van der Waals surface area contributed by atoms with Gasteiger partial charge in [-0.3, -0.25) is 0 Å². The van der Waals surface area contributed by atoms with E-state index in [0.717, 1.165) is 0 Å². The molecule has 1 N–H and O–H groups in total. The van der Waals surface area contributed by atoms with Crippen molar-refractivity contribution in [1.82, 2.24) is 14.9 Å². The Morgan fingerprint density at radius 2 is 2.10 bits per heavy atom. The van der Waals surface area contributed by atoms with Crippen molar-refractivity contribution >= 4 is 33.2 Å². The largest absolute Gasteiger partial charge is 0.338 e. The molecule has 1 aliphatic carbocycles. The summed E-state index contributed by atoms with van der Waals surface area (Å²) in [6, 6.07) is 0. The Balaban J connectivity index is 1.92. The lowest BCUT2D eigenvalue weighted by atomic mass is 10.2. The van der Waals surface area contributed by atoms with Crippen LogP contribution in [0.2, 0.25) is 0 Å². The van der Waals surface area contributed by atoms with Gasteiger partial charge in [0.2, 0.25) is 21.7 Å². The summed E-state index contributed by atoms with van der Waals surface area (Å²) in [5.74, 6) is -1.30. The second kappa shape index (κ2) is 5.04. The quantitative estimate of drug-likeness (QED) is 0.794. The van der Waals surface area contributed by atoms with Gasteiger partial charge >= 0.3 is 6.43 Å². The molecule has 1 atom stereocenters. The van der Waals surface area contributed by atoms with Gasteiger partial charge in [0.05, 0.1) is 12.3 Å². The molecule has 0 saturated heterocycles. The molecule has 0 aromatic carbocycles. The fourth-order valence-corrected chi connectivity index (χ4v) is 4.19.